The van der Waals surface area contributed by atoms with Crippen LogP contribution in [0.5, 0.6) is 0 Å². The first kappa shape index (κ1) is 13.2. The van der Waals surface area contributed by atoms with Gasteiger partial charge in [-0.25, -0.2) is 4.98 Å². The standard InChI is InChI=1S/C15H16N4O2/c1-9-6-7-21-13(9)14(20)16-10-4-5-11-12(8-10)18-15(17-11)19(2)3/h4-8H,1-3H3,(H,16,20)(H,17,18). The van der Waals surface area contributed by atoms with E-state index < -0.39 is 0 Å². The predicted octanol–water partition coefficient (Wildman–Crippen LogP) is 2.78. The fourth-order valence-electron chi connectivity index (χ4n) is 2.08. The van der Waals surface area contributed by atoms with Gasteiger partial charge in [-0.1, -0.05) is 0 Å². The molecule has 0 saturated carbocycles. The Labute approximate surface area is 121 Å². The van der Waals surface area contributed by atoms with Crippen LogP contribution in [0.1, 0.15) is 16.1 Å². The Balaban J connectivity index is 1.87. The molecule has 0 aliphatic heterocycles. The van der Waals surface area contributed by atoms with Crippen molar-refractivity contribution in [3.05, 3.63) is 41.9 Å². The lowest BCUT2D eigenvalue weighted by Crippen LogP contribution is -2.11. The van der Waals surface area contributed by atoms with E-state index in [1.807, 2.05) is 44.1 Å². The van der Waals surface area contributed by atoms with Gasteiger partial charge in [0.1, 0.15) is 0 Å². The van der Waals surface area contributed by atoms with Crippen molar-refractivity contribution in [2.75, 3.05) is 24.3 Å². The summed E-state index contributed by atoms with van der Waals surface area (Å²) in [5.41, 5.74) is 3.22. The summed E-state index contributed by atoms with van der Waals surface area (Å²) in [6.45, 7) is 1.83. The molecule has 0 atom stereocenters. The number of imidazole rings is 1. The van der Waals surface area contributed by atoms with Gasteiger partial charge in [-0.3, -0.25) is 4.79 Å². The lowest BCUT2D eigenvalue weighted by atomic mass is 10.2. The number of benzene rings is 1. The number of carbonyl (C=O) groups excluding carboxylic acids is 1. The highest BCUT2D eigenvalue weighted by molar-refractivity contribution is 6.04. The van der Waals surface area contributed by atoms with Crippen LogP contribution < -0.4 is 10.2 Å². The average Bonchev–Trinajstić information content (AvgIpc) is 3.04. The molecule has 0 unspecified atom stereocenters. The molecule has 6 heteroatoms. The van der Waals surface area contributed by atoms with Crippen LogP contribution in [0.4, 0.5) is 11.6 Å². The molecular weight excluding hydrogens is 268 g/mol. The van der Waals surface area contributed by atoms with E-state index in [0.717, 1.165) is 22.5 Å². The SMILES string of the molecule is Cc1ccoc1C(=O)Nc1ccc2nc(N(C)C)[nH]c2c1. The number of hydrogen-bond acceptors (Lipinski definition) is 4. The highest BCUT2D eigenvalue weighted by Gasteiger charge is 2.13. The predicted molar refractivity (Wildman–Crippen MR) is 81.8 cm³/mol. The Hall–Kier alpha value is -2.76. The van der Waals surface area contributed by atoms with E-state index in [0.29, 0.717) is 11.4 Å². The molecule has 1 amide bonds. The molecule has 3 rings (SSSR count). The fourth-order valence-corrected chi connectivity index (χ4v) is 2.08. The van der Waals surface area contributed by atoms with Crippen molar-refractivity contribution in [2.24, 2.45) is 0 Å². The summed E-state index contributed by atoms with van der Waals surface area (Å²) in [6.07, 6.45) is 1.51. The molecule has 0 radical (unpaired) electrons. The third-order valence-electron chi connectivity index (χ3n) is 3.22. The monoisotopic (exact) mass is 284 g/mol. The number of nitrogens with one attached hydrogen (secondary N) is 2. The molecule has 2 heterocycles. The van der Waals surface area contributed by atoms with Gasteiger partial charge in [0.15, 0.2) is 5.76 Å². The molecule has 6 nitrogen and oxygen atoms in total. The van der Waals surface area contributed by atoms with Crippen molar-refractivity contribution in [1.29, 1.82) is 0 Å². The molecule has 2 N–H and O–H groups in total. The van der Waals surface area contributed by atoms with Gasteiger partial charge in [0, 0.05) is 25.3 Å². The number of aryl methyl sites for hydroxylation is 1. The summed E-state index contributed by atoms with van der Waals surface area (Å²) in [4.78, 5) is 21.6. The van der Waals surface area contributed by atoms with E-state index >= 15 is 0 Å². The maximum atomic E-state index is 12.1. The molecule has 0 aliphatic carbocycles. The van der Waals surface area contributed by atoms with Crippen molar-refractivity contribution < 1.29 is 9.21 Å². The Morgan fingerprint density at radius 2 is 2.14 bits per heavy atom. The third-order valence-corrected chi connectivity index (χ3v) is 3.22. The largest absolute Gasteiger partial charge is 0.459 e. The number of H-pyrrole nitrogens is 1. The normalized spacial score (nSPS) is 10.8. The zero-order valence-electron chi connectivity index (χ0n) is 12.1. The molecule has 1 aromatic carbocycles. The number of amides is 1. The van der Waals surface area contributed by atoms with Gasteiger partial charge in [0.05, 0.1) is 17.3 Å². The maximum absolute atomic E-state index is 12.1. The zero-order chi connectivity index (χ0) is 15.0. The molecule has 108 valence electrons. The van der Waals surface area contributed by atoms with E-state index in [1.54, 1.807) is 6.07 Å². The number of anilines is 2. The van der Waals surface area contributed by atoms with Crippen LogP contribution in [0, 0.1) is 6.92 Å². The summed E-state index contributed by atoms with van der Waals surface area (Å²) in [5, 5.41) is 2.82. The highest BCUT2D eigenvalue weighted by atomic mass is 16.3. The lowest BCUT2D eigenvalue weighted by molar-refractivity contribution is 0.0996. The second kappa shape index (κ2) is 4.97. The summed E-state index contributed by atoms with van der Waals surface area (Å²) in [5.74, 6) is 0.841. The lowest BCUT2D eigenvalue weighted by Gasteiger charge is -2.05. The Morgan fingerprint density at radius 1 is 1.33 bits per heavy atom. The minimum Gasteiger partial charge on any atom is -0.459 e. The molecule has 3 aromatic rings. The molecule has 0 bridgehead atoms. The third kappa shape index (κ3) is 2.47. The van der Waals surface area contributed by atoms with E-state index in [9.17, 15) is 4.79 Å². The van der Waals surface area contributed by atoms with Gasteiger partial charge in [-0.2, -0.15) is 0 Å². The van der Waals surface area contributed by atoms with Gasteiger partial charge in [0.2, 0.25) is 5.95 Å². The summed E-state index contributed by atoms with van der Waals surface area (Å²) in [6, 6.07) is 7.30. The second-order valence-corrected chi connectivity index (χ2v) is 5.07. The van der Waals surface area contributed by atoms with Crippen LogP contribution in [-0.2, 0) is 0 Å². The molecule has 0 aliphatic rings. The number of aromatic amines is 1. The van der Waals surface area contributed by atoms with Crippen LogP contribution >= 0.6 is 0 Å². The van der Waals surface area contributed by atoms with Gasteiger partial charge >= 0.3 is 0 Å². The average molecular weight is 284 g/mol. The number of nitrogens with zero attached hydrogens (tertiary/aromatic N) is 2. The van der Waals surface area contributed by atoms with Gasteiger partial charge in [-0.05, 0) is 31.2 Å². The molecule has 2 aromatic heterocycles. The highest BCUT2D eigenvalue weighted by Crippen LogP contribution is 2.21. The number of furan rings is 1. The van der Waals surface area contributed by atoms with Crippen LogP contribution in [0.15, 0.2) is 34.9 Å². The van der Waals surface area contributed by atoms with Gasteiger partial charge in [-0.15, -0.1) is 0 Å². The number of rotatable bonds is 3. The van der Waals surface area contributed by atoms with Crippen molar-refractivity contribution in [3.63, 3.8) is 0 Å². The van der Waals surface area contributed by atoms with Crippen molar-refractivity contribution in [3.8, 4) is 0 Å². The molecular formula is C15H16N4O2. The van der Waals surface area contributed by atoms with E-state index in [4.69, 9.17) is 4.42 Å². The quantitative estimate of drug-likeness (QED) is 0.775. The first-order chi connectivity index (χ1) is 10.0. The van der Waals surface area contributed by atoms with E-state index in [-0.39, 0.29) is 5.91 Å². The van der Waals surface area contributed by atoms with Crippen LogP contribution in [0.3, 0.4) is 0 Å². The topological polar surface area (TPSA) is 74.2 Å². The minimum atomic E-state index is -0.260. The summed E-state index contributed by atoms with van der Waals surface area (Å²) in [7, 11) is 3.83. The molecule has 0 fully saturated rings. The zero-order valence-corrected chi connectivity index (χ0v) is 12.1. The van der Waals surface area contributed by atoms with E-state index in [2.05, 4.69) is 15.3 Å². The number of fused-ring (bicyclic) bond motifs is 1. The first-order valence-corrected chi connectivity index (χ1v) is 6.57. The maximum Gasteiger partial charge on any atom is 0.291 e. The Bertz CT molecular complexity index is 801. The number of carbonyl (C=O) groups is 1. The Morgan fingerprint density at radius 3 is 2.81 bits per heavy atom. The van der Waals surface area contributed by atoms with Crippen LogP contribution in [0.2, 0.25) is 0 Å². The van der Waals surface area contributed by atoms with Gasteiger partial charge in [0.25, 0.3) is 5.91 Å². The van der Waals surface area contributed by atoms with E-state index in [1.165, 1.54) is 6.26 Å². The van der Waals surface area contributed by atoms with Crippen molar-refractivity contribution >= 4 is 28.6 Å². The second-order valence-electron chi connectivity index (χ2n) is 5.07. The van der Waals surface area contributed by atoms with Crippen LogP contribution in [-0.4, -0.2) is 30.0 Å². The fraction of sp³-hybridized carbons (Fsp3) is 0.200. The van der Waals surface area contributed by atoms with Crippen molar-refractivity contribution in [2.45, 2.75) is 6.92 Å². The first-order valence-electron chi connectivity index (χ1n) is 6.57. The smallest absolute Gasteiger partial charge is 0.291 e. The minimum absolute atomic E-state index is 0.260. The number of aromatic nitrogens is 2. The van der Waals surface area contributed by atoms with Crippen LogP contribution in [0.25, 0.3) is 11.0 Å². The summed E-state index contributed by atoms with van der Waals surface area (Å²) < 4.78 is 5.18. The number of hydrogen-bond donors (Lipinski definition) is 2. The molecule has 21 heavy (non-hydrogen) atoms. The van der Waals surface area contributed by atoms with Gasteiger partial charge < -0.3 is 19.6 Å². The van der Waals surface area contributed by atoms with Crippen molar-refractivity contribution in [1.82, 2.24) is 9.97 Å². The molecule has 0 spiro atoms. The summed E-state index contributed by atoms with van der Waals surface area (Å²) >= 11 is 0. The molecule has 0 saturated heterocycles. The Kier molecular flexibility index (Phi) is 3.13.